The second-order valence-corrected chi connectivity index (χ2v) is 7.02. The molecule has 2 rings (SSSR count). The Hall–Kier alpha value is -1.17. The summed E-state index contributed by atoms with van der Waals surface area (Å²) in [7, 11) is 0. The molecule has 0 spiro atoms. The molecular formula is C18H26ClFN2O2. The minimum Gasteiger partial charge on any atom is -0.379 e. The van der Waals surface area contributed by atoms with Crippen LogP contribution in [0.15, 0.2) is 18.2 Å². The molecule has 4 nitrogen and oxygen atoms in total. The number of nitrogens with zero attached hydrogens (tertiary/aromatic N) is 1. The van der Waals surface area contributed by atoms with Crippen molar-refractivity contribution in [1.82, 2.24) is 10.2 Å². The standard InChI is InChI=1S/C18H26ClFN2O2/c1-13(2)10-14(22-6-8-24-9-7-22)12-21-18(23)11-15-16(19)4-3-5-17(15)20/h3-5,13-14H,6-12H2,1-2H3,(H,21,23). The van der Waals surface area contributed by atoms with Crippen molar-refractivity contribution in [3.05, 3.63) is 34.6 Å². The predicted octanol–water partition coefficient (Wildman–Crippen LogP) is 2.88. The maximum atomic E-state index is 13.8. The summed E-state index contributed by atoms with van der Waals surface area (Å²) in [6.07, 6.45) is 0.962. The maximum absolute atomic E-state index is 13.8. The number of rotatable bonds is 7. The number of hydrogen-bond acceptors (Lipinski definition) is 3. The molecule has 1 aromatic carbocycles. The van der Waals surface area contributed by atoms with Gasteiger partial charge in [-0.15, -0.1) is 0 Å². The van der Waals surface area contributed by atoms with Crippen LogP contribution in [0.2, 0.25) is 5.02 Å². The van der Waals surface area contributed by atoms with Gasteiger partial charge in [-0.2, -0.15) is 0 Å². The lowest BCUT2D eigenvalue weighted by Gasteiger charge is -2.35. The van der Waals surface area contributed by atoms with Crippen LogP contribution in [0.5, 0.6) is 0 Å². The van der Waals surface area contributed by atoms with Crippen LogP contribution in [0.4, 0.5) is 4.39 Å². The molecule has 1 aliphatic heterocycles. The van der Waals surface area contributed by atoms with Crippen LogP contribution >= 0.6 is 11.6 Å². The summed E-state index contributed by atoms with van der Waals surface area (Å²) in [5.74, 6) is -0.107. The minimum atomic E-state index is -0.440. The van der Waals surface area contributed by atoms with Crippen molar-refractivity contribution in [2.24, 2.45) is 5.92 Å². The number of nitrogens with one attached hydrogen (secondary N) is 1. The van der Waals surface area contributed by atoms with E-state index in [2.05, 4.69) is 24.1 Å². The molecule has 1 atom stereocenters. The van der Waals surface area contributed by atoms with E-state index in [1.807, 2.05) is 0 Å². The minimum absolute atomic E-state index is 0.0387. The first-order chi connectivity index (χ1) is 11.5. The van der Waals surface area contributed by atoms with Gasteiger partial charge in [-0.05, 0) is 24.5 Å². The van der Waals surface area contributed by atoms with Crippen LogP contribution in [0.25, 0.3) is 0 Å². The molecule has 1 amide bonds. The van der Waals surface area contributed by atoms with E-state index >= 15 is 0 Å². The molecule has 1 fully saturated rings. The molecule has 0 aromatic heterocycles. The number of ether oxygens (including phenoxy) is 1. The average Bonchev–Trinajstić information content (AvgIpc) is 2.55. The summed E-state index contributed by atoms with van der Waals surface area (Å²) in [5, 5.41) is 3.23. The van der Waals surface area contributed by atoms with Crippen molar-refractivity contribution in [3.63, 3.8) is 0 Å². The van der Waals surface area contributed by atoms with E-state index in [4.69, 9.17) is 16.3 Å². The Morgan fingerprint density at radius 1 is 1.38 bits per heavy atom. The molecule has 1 aromatic rings. The molecule has 0 bridgehead atoms. The Bertz CT molecular complexity index is 528. The SMILES string of the molecule is CC(C)CC(CNC(=O)Cc1c(F)cccc1Cl)N1CCOCC1. The zero-order valence-corrected chi connectivity index (χ0v) is 15.1. The molecule has 1 aliphatic rings. The Morgan fingerprint density at radius 2 is 2.08 bits per heavy atom. The molecule has 0 radical (unpaired) electrons. The van der Waals surface area contributed by atoms with E-state index in [-0.39, 0.29) is 29.0 Å². The van der Waals surface area contributed by atoms with Crippen molar-refractivity contribution in [2.75, 3.05) is 32.8 Å². The fraction of sp³-hybridized carbons (Fsp3) is 0.611. The van der Waals surface area contributed by atoms with E-state index in [1.54, 1.807) is 6.07 Å². The van der Waals surface area contributed by atoms with Crippen LogP contribution < -0.4 is 5.32 Å². The van der Waals surface area contributed by atoms with Crippen LogP contribution in [-0.4, -0.2) is 49.7 Å². The van der Waals surface area contributed by atoms with Crippen molar-refractivity contribution >= 4 is 17.5 Å². The van der Waals surface area contributed by atoms with E-state index in [1.165, 1.54) is 12.1 Å². The summed E-state index contributed by atoms with van der Waals surface area (Å²) in [4.78, 5) is 14.6. The van der Waals surface area contributed by atoms with Gasteiger partial charge in [0.25, 0.3) is 0 Å². The quantitative estimate of drug-likeness (QED) is 0.816. The van der Waals surface area contributed by atoms with E-state index < -0.39 is 5.82 Å². The number of carbonyl (C=O) groups excluding carboxylic acids is 1. The third kappa shape index (κ3) is 5.72. The van der Waals surface area contributed by atoms with Crippen molar-refractivity contribution in [1.29, 1.82) is 0 Å². The molecule has 1 N–H and O–H groups in total. The topological polar surface area (TPSA) is 41.6 Å². The third-order valence-electron chi connectivity index (χ3n) is 4.24. The zero-order valence-electron chi connectivity index (χ0n) is 14.4. The van der Waals surface area contributed by atoms with Gasteiger partial charge in [-0.1, -0.05) is 31.5 Å². The zero-order chi connectivity index (χ0) is 17.5. The van der Waals surface area contributed by atoms with Gasteiger partial charge in [0, 0.05) is 36.3 Å². The lowest BCUT2D eigenvalue weighted by Crippen LogP contribution is -2.49. The first kappa shape index (κ1) is 19.2. The second-order valence-electron chi connectivity index (χ2n) is 6.61. The van der Waals surface area contributed by atoms with Gasteiger partial charge in [0.15, 0.2) is 0 Å². The highest BCUT2D eigenvalue weighted by atomic mass is 35.5. The molecule has 24 heavy (non-hydrogen) atoms. The third-order valence-corrected chi connectivity index (χ3v) is 4.59. The lowest BCUT2D eigenvalue weighted by molar-refractivity contribution is -0.120. The van der Waals surface area contributed by atoms with Gasteiger partial charge in [0.2, 0.25) is 5.91 Å². The van der Waals surface area contributed by atoms with Gasteiger partial charge < -0.3 is 10.1 Å². The monoisotopic (exact) mass is 356 g/mol. The number of benzene rings is 1. The Balaban J connectivity index is 1.91. The van der Waals surface area contributed by atoms with Crippen molar-refractivity contribution in [3.8, 4) is 0 Å². The summed E-state index contributed by atoms with van der Waals surface area (Å²) < 4.78 is 19.2. The Morgan fingerprint density at radius 3 is 2.71 bits per heavy atom. The van der Waals surface area contributed by atoms with Crippen LogP contribution in [0.3, 0.4) is 0 Å². The summed E-state index contributed by atoms with van der Waals surface area (Å²) in [6.45, 7) is 8.13. The molecule has 6 heteroatoms. The molecule has 1 heterocycles. The first-order valence-electron chi connectivity index (χ1n) is 8.48. The number of halogens is 2. The smallest absolute Gasteiger partial charge is 0.224 e. The molecule has 1 unspecified atom stereocenters. The van der Waals surface area contributed by atoms with Crippen molar-refractivity contribution in [2.45, 2.75) is 32.7 Å². The molecule has 0 saturated carbocycles. The van der Waals surface area contributed by atoms with E-state index in [0.717, 1.165) is 32.7 Å². The average molecular weight is 357 g/mol. The number of hydrogen-bond donors (Lipinski definition) is 1. The van der Waals surface area contributed by atoms with Gasteiger partial charge in [-0.25, -0.2) is 4.39 Å². The number of amides is 1. The van der Waals surface area contributed by atoms with Gasteiger partial charge in [-0.3, -0.25) is 9.69 Å². The van der Waals surface area contributed by atoms with E-state index in [9.17, 15) is 9.18 Å². The highest BCUT2D eigenvalue weighted by molar-refractivity contribution is 6.31. The summed E-state index contributed by atoms with van der Waals surface area (Å²) >= 11 is 5.98. The lowest BCUT2D eigenvalue weighted by atomic mass is 10.0. The first-order valence-corrected chi connectivity index (χ1v) is 8.86. The van der Waals surface area contributed by atoms with Gasteiger partial charge in [0.1, 0.15) is 5.82 Å². The normalized spacial score (nSPS) is 17.0. The summed E-state index contributed by atoms with van der Waals surface area (Å²) in [5.41, 5.74) is 0.253. The largest absolute Gasteiger partial charge is 0.379 e. The Kier molecular flexibility index (Phi) is 7.46. The van der Waals surface area contributed by atoms with E-state index in [0.29, 0.717) is 12.5 Å². The number of morpholine rings is 1. The molecule has 1 saturated heterocycles. The molecule has 134 valence electrons. The van der Waals surface area contributed by atoms with Crippen molar-refractivity contribution < 1.29 is 13.9 Å². The predicted molar refractivity (Wildman–Crippen MR) is 93.8 cm³/mol. The molecular weight excluding hydrogens is 331 g/mol. The summed E-state index contributed by atoms with van der Waals surface area (Å²) in [6, 6.07) is 4.73. The van der Waals surface area contributed by atoms with Crippen LogP contribution in [0, 0.1) is 11.7 Å². The fourth-order valence-electron chi connectivity index (χ4n) is 3.00. The van der Waals surface area contributed by atoms with Gasteiger partial charge in [0.05, 0.1) is 19.6 Å². The van der Waals surface area contributed by atoms with Crippen LogP contribution in [0.1, 0.15) is 25.8 Å². The molecule has 0 aliphatic carbocycles. The fourth-order valence-corrected chi connectivity index (χ4v) is 3.23. The number of carbonyl (C=O) groups is 1. The maximum Gasteiger partial charge on any atom is 0.224 e. The Labute approximate surface area is 148 Å². The second kappa shape index (κ2) is 9.35. The highest BCUT2D eigenvalue weighted by Gasteiger charge is 2.22. The van der Waals surface area contributed by atoms with Gasteiger partial charge >= 0.3 is 0 Å². The van der Waals surface area contributed by atoms with Crippen LogP contribution in [-0.2, 0) is 16.0 Å². The highest BCUT2D eigenvalue weighted by Crippen LogP contribution is 2.19.